The minimum absolute atomic E-state index is 0. The third kappa shape index (κ3) is 5.40. The number of nitrogens with zero attached hydrogens (tertiary/aromatic N) is 2. The second-order valence-corrected chi connectivity index (χ2v) is 7.99. The molecule has 158 valence electrons. The third-order valence-corrected chi connectivity index (χ3v) is 6.27. The van der Waals surface area contributed by atoms with Gasteiger partial charge in [-0.3, -0.25) is 4.99 Å². The number of amides is 1. The highest BCUT2D eigenvalue weighted by Gasteiger charge is 2.58. The van der Waals surface area contributed by atoms with Gasteiger partial charge in [-0.05, 0) is 40.0 Å². The summed E-state index contributed by atoms with van der Waals surface area (Å²) in [6.45, 7) is 13.1. The van der Waals surface area contributed by atoms with Crippen molar-refractivity contribution in [3.05, 3.63) is 0 Å². The number of halogens is 1. The van der Waals surface area contributed by atoms with Gasteiger partial charge in [0.2, 0.25) is 0 Å². The maximum Gasteiger partial charge on any atom is 0.409 e. The van der Waals surface area contributed by atoms with Gasteiger partial charge in [0.1, 0.15) is 0 Å². The maximum absolute atomic E-state index is 11.8. The Kier molecular flexibility index (Phi) is 9.11. The Balaban J connectivity index is 0.00000364. The van der Waals surface area contributed by atoms with E-state index in [0.717, 1.165) is 31.8 Å². The van der Waals surface area contributed by atoms with Crippen LogP contribution >= 0.6 is 24.0 Å². The number of carbonyl (C=O) groups is 1. The van der Waals surface area contributed by atoms with E-state index in [1.807, 2.05) is 13.8 Å². The lowest BCUT2D eigenvalue weighted by atomic mass is 9.56. The predicted molar refractivity (Wildman–Crippen MR) is 119 cm³/mol. The minimum atomic E-state index is -0.207. The molecule has 2 atom stereocenters. The van der Waals surface area contributed by atoms with Crippen LogP contribution in [0, 0.1) is 5.41 Å². The number of piperidine rings is 1. The summed E-state index contributed by atoms with van der Waals surface area (Å²) in [6, 6.07) is 0.639. The summed E-state index contributed by atoms with van der Waals surface area (Å²) in [4.78, 5) is 18.2. The summed E-state index contributed by atoms with van der Waals surface area (Å²) >= 11 is 0. The molecule has 0 aromatic rings. The Labute approximate surface area is 181 Å². The number of methoxy groups -OCH3 is 1. The summed E-state index contributed by atoms with van der Waals surface area (Å²) in [5.41, 5.74) is -0.0712. The van der Waals surface area contributed by atoms with Crippen molar-refractivity contribution in [1.82, 2.24) is 15.5 Å². The Morgan fingerprint density at radius 2 is 1.81 bits per heavy atom. The quantitative estimate of drug-likeness (QED) is 0.348. The molecular weight excluding hydrogens is 459 g/mol. The first-order valence-corrected chi connectivity index (χ1v) is 9.81. The van der Waals surface area contributed by atoms with Crippen LogP contribution in [0.1, 0.15) is 53.9 Å². The van der Waals surface area contributed by atoms with Crippen LogP contribution in [0.15, 0.2) is 4.99 Å². The van der Waals surface area contributed by atoms with Crippen LogP contribution in [0.2, 0.25) is 0 Å². The molecule has 0 aromatic heterocycles. The van der Waals surface area contributed by atoms with Crippen LogP contribution in [0.3, 0.4) is 0 Å². The molecule has 2 fully saturated rings. The lowest BCUT2D eigenvalue weighted by Gasteiger charge is -2.59. The molecule has 0 spiro atoms. The van der Waals surface area contributed by atoms with E-state index in [0.29, 0.717) is 31.8 Å². The van der Waals surface area contributed by atoms with Gasteiger partial charge in [0.15, 0.2) is 5.96 Å². The van der Waals surface area contributed by atoms with Gasteiger partial charge in [0.25, 0.3) is 0 Å². The lowest BCUT2D eigenvalue weighted by Crippen LogP contribution is -2.70. The molecule has 27 heavy (non-hydrogen) atoms. The molecule has 0 aromatic carbocycles. The number of hydrogen-bond acceptors (Lipinski definition) is 4. The monoisotopic (exact) mass is 496 g/mol. The molecule has 8 heteroatoms. The molecule has 7 nitrogen and oxygen atoms in total. The largest absolute Gasteiger partial charge is 0.450 e. The van der Waals surface area contributed by atoms with Crippen molar-refractivity contribution in [1.29, 1.82) is 0 Å². The van der Waals surface area contributed by atoms with E-state index >= 15 is 0 Å². The van der Waals surface area contributed by atoms with Crippen LogP contribution in [0.4, 0.5) is 4.79 Å². The Hall–Kier alpha value is -0.770. The van der Waals surface area contributed by atoms with Crippen molar-refractivity contribution in [2.45, 2.75) is 71.6 Å². The van der Waals surface area contributed by atoms with Crippen molar-refractivity contribution >= 4 is 36.0 Å². The first-order chi connectivity index (χ1) is 12.3. The summed E-state index contributed by atoms with van der Waals surface area (Å²) in [7, 11) is 1.79. The highest BCUT2D eigenvalue weighted by Crippen LogP contribution is 2.51. The topological polar surface area (TPSA) is 75.2 Å². The molecule has 0 radical (unpaired) electrons. The minimum Gasteiger partial charge on any atom is -0.450 e. The Morgan fingerprint density at radius 1 is 1.19 bits per heavy atom. The average Bonchev–Trinajstić information content (AvgIpc) is 2.62. The van der Waals surface area contributed by atoms with E-state index in [4.69, 9.17) is 9.47 Å². The standard InChI is InChI=1S/C19H36N4O3.HI/c1-7-20-16(22-15-13-19(5,25-6)18(15,3)4)21-14-9-11-23(12-10-14)17(24)26-8-2;/h14-15H,7-13H2,1-6H3,(H2,20,21,22);1H. The fourth-order valence-corrected chi connectivity index (χ4v) is 3.79. The summed E-state index contributed by atoms with van der Waals surface area (Å²) in [5, 5.41) is 7.14. The summed E-state index contributed by atoms with van der Waals surface area (Å²) in [6.07, 6.45) is 2.55. The van der Waals surface area contributed by atoms with Gasteiger partial charge in [0.05, 0.1) is 12.2 Å². The van der Waals surface area contributed by atoms with Crippen molar-refractivity contribution in [2.75, 3.05) is 33.4 Å². The van der Waals surface area contributed by atoms with Gasteiger partial charge in [-0.1, -0.05) is 13.8 Å². The smallest absolute Gasteiger partial charge is 0.409 e. The molecule has 2 aliphatic rings. The number of hydrogen-bond donors (Lipinski definition) is 2. The van der Waals surface area contributed by atoms with E-state index in [-0.39, 0.29) is 41.1 Å². The first kappa shape index (κ1) is 24.3. The van der Waals surface area contributed by atoms with Crippen LogP contribution in [0.5, 0.6) is 0 Å². The van der Waals surface area contributed by atoms with E-state index in [9.17, 15) is 4.79 Å². The molecule has 1 saturated carbocycles. The number of nitrogens with one attached hydrogen (secondary N) is 2. The first-order valence-electron chi connectivity index (χ1n) is 9.81. The molecule has 1 aliphatic heterocycles. The van der Waals surface area contributed by atoms with Crippen LogP contribution in [0.25, 0.3) is 0 Å². The third-order valence-electron chi connectivity index (χ3n) is 6.27. The van der Waals surface area contributed by atoms with Crippen molar-refractivity contribution in [3.8, 4) is 0 Å². The zero-order chi connectivity index (χ0) is 19.4. The van der Waals surface area contributed by atoms with Gasteiger partial charge < -0.3 is 25.0 Å². The highest BCUT2D eigenvalue weighted by molar-refractivity contribution is 14.0. The number of likely N-dealkylation sites (tertiary alicyclic amines) is 1. The SMILES string of the molecule is CCN=C(NC1CCN(C(=O)OCC)CC1)NC1CC(C)(OC)C1(C)C.I. The second kappa shape index (κ2) is 10.1. The van der Waals surface area contributed by atoms with Gasteiger partial charge >= 0.3 is 6.09 Å². The second-order valence-electron chi connectivity index (χ2n) is 7.99. The fraction of sp³-hybridized carbons (Fsp3) is 0.895. The number of guanidine groups is 1. The van der Waals surface area contributed by atoms with Crippen molar-refractivity contribution < 1.29 is 14.3 Å². The molecule has 1 aliphatic carbocycles. The Bertz CT molecular complexity index is 521. The molecule has 2 rings (SSSR count). The molecule has 2 N–H and O–H groups in total. The zero-order valence-corrected chi connectivity index (χ0v) is 20.0. The van der Waals surface area contributed by atoms with E-state index in [1.54, 1.807) is 12.0 Å². The number of rotatable bonds is 5. The lowest BCUT2D eigenvalue weighted by molar-refractivity contribution is -0.176. The van der Waals surface area contributed by atoms with Gasteiger partial charge in [-0.2, -0.15) is 0 Å². The van der Waals surface area contributed by atoms with Gasteiger partial charge in [-0.15, -0.1) is 24.0 Å². The maximum atomic E-state index is 11.8. The molecule has 1 heterocycles. The van der Waals surface area contributed by atoms with E-state index in [2.05, 4.69) is 36.4 Å². The summed E-state index contributed by atoms with van der Waals surface area (Å²) in [5.74, 6) is 0.860. The molecule has 2 unspecified atom stereocenters. The van der Waals surface area contributed by atoms with E-state index in [1.165, 1.54) is 0 Å². The van der Waals surface area contributed by atoms with Crippen molar-refractivity contribution in [2.24, 2.45) is 10.4 Å². The molecule has 1 saturated heterocycles. The molecule has 0 bridgehead atoms. The Morgan fingerprint density at radius 3 is 2.30 bits per heavy atom. The number of carbonyl (C=O) groups excluding carboxylic acids is 1. The van der Waals surface area contributed by atoms with E-state index < -0.39 is 0 Å². The van der Waals surface area contributed by atoms with Gasteiger partial charge in [-0.25, -0.2) is 4.79 Å². The van der Waals surface area contributed by atoms with Crippen molar-refractivity contribution in [3.63, 3.8) is 0 Å². The van der Waals surface area contributed by atoms with Crippen LogP contribution < -0.4 is 10.6 Å². The fourth-order valence-electron chi connectivity index (χ4n) is 3.79. The molecular formula is C19H37IN4O3. The average molecular weight is 496 g/mol. The molecule has 1 amide bonds. The highest BCUT2D eigenvalue weighted by atomic mass is 127. The normalized spacial score (nSPS) is 28.0. The number of aliphatic imine (C=N–C) groups is 1. The summed E-state index contributed by atoms with van der Waals surface area (Å²) < 4.78 is 10.8. The van der Waals surface area contributed by atoms with Crippen LogP contribution in [-0.2, 0) is 9.47 Å². The van der Waals surface area contributed by atoms with Gasteiger partial charge in [0, 0.05) is 44.2 Å². The van der Waals surface area contributed by atoms with Crippen LogP contribution in [-0.4, -0.2) is 68.0 Å². The zero-order valence-electron chi connectivity index (χ0n) is 17.6. The predicted octanol–water partition coefficient (Wildman–Crippen LogP) is 2.98. The number of ether oxygens (including phenoxy) is 2.